The fraction of sp³-hybridized carbons (Fsp3) is 0.462. The normalized spacial score (nSPS) is 11.9. The molecule has 0 saturated carbocycles. The molecule has 0 aliphatic rings. The van der Waals surface area contributed by atoms with Gasteiger partial charge in [-0.25, -0.2) is 0 Å². The highest BCUT2D eigenvalue weighted by atomic mass is 79.9. The van der Waals surface area contributed by atoms with Gasteiger partial charge in [0.15, 0.2) is 0 Å². The van der Waals surface area contributed by atoms with Crippen molar-refractivity contribution >= 4 is 32.6 Å². The van der Waals surface area contributed by atoms with Gasteiger partial charge in [-0.3, -0.25) is 9.00 Å². The molecule has 0 aliphatic heterocycles. The Kier molecular flexibility index (Phi) is 7.09. The van der Waals surface area contributed by atoms with E-state index in [0.717, 1.165) is 16.5 Å². The number of benzene rings is 1. The number of carbonyl (C=O) groups is 1. The molecular weight excluding hydrogens is 330 g/mol. The third-order valence-electron chi connectivity index (χ3n) is 2.42. The predicted octanol–water partition coefficient (Wildman–Crippen LogP) is 2.23. The molecule has 0 fully saturated rings. The third-order valence-corrected chi connectivity index (χ3v) is 4.13. The summed E-state index contributed by atoms with van der Waals surface area (Å²) in [5.41, 5.74) is 0.832. The number of rotatable bonds is 7. The van der Waals surface area contributed by atoms with E-state index in [4.69, 9.17) is 4.74 Å². The smallest absolute Gasteiger partial charge is 0.232 e. The molecule has 0 radical (unpaired) electrons. The van der Waals surface area contributed by atoms with Gasteiger partial charge in [0.05, 0.1) is 12.9 Å². The fourth-order valence-electron chi connectivity index (χ4n) is 1.55. The Morgan fingerprint density at radius 3 is 2.84 bits per heavy atom. The van der Waals surface area contributed by atoms with Gasteiger partial charge in [-0.15, -0.1) is 0 Å². The van der Waals surface area contributed by atoms with Crippen LogP contribution >= 0.6 is 15.9 Å². The molecular formula is C13H18BrNO3S. The van der Waals surface area contributed by atoms with Gasteiger partial charge in [0.1, 0.15) is 11.5 Å². The van der Waals surface area contributed by atoms with Crippen molar-refractivity contribution < 1.29 is 13.7 Å². The summed E-state index contributed by atoms with van der Waals surface area (Å²) < 4.78 is 18.1. The number of hydrogen-bond acceptors (Lipinski definition) is 3. The van der Waals surface area contributed by atoms with E-state index < -0.39 is 10.8 Å². The van der Waals surface area contributed by atoms with Crippen molar-refractivity contribution in [1.29, 1.82) is 0 Å². The second kappa shape index (κ2) is 8.32. The molecule has 0 unspecified atom stereocenters. The van der Waals surface area contributed by atoms with Crippen molar-refractivity contribution in [2.45, 2.75) is 19.1 Å². The summed E-state index contributed by atoms with van der Waals surface area (Å²) in [5.74, 6) is 0.845. The van der Waals surface area contributed by atoms with Crippen molar-refractivity contribution in [1.82, 2.24) is 5.32 Å². The summed E-state index contributed by atoms with van der Waals surface area (Å²) in [4.78, 5) is 11.5. The Labute approximate surface area is 124 Å². The lowest BCUT2D eigenvalue weighted by molar-refractivity contribution is -0.118. The van der Waals surface area contributed by atoms with E-state index >= 15 is 0 Å². The van der Waals surface area contributed by atoms with Crippen LogP contribution in [0.1, 0.15) is 18.9 Å². The molecule has 1 amide bonds. The summed E-state index contributed by atoms with van der Waals surface area (Å²) in [6, 6.07) is 5.54. The van der Waals surface area contributed by atoms with E-state index in [-0.39, 0.29) is 11.7 Å². The van der Waals surface area contributed by atoms with Crippen LogP contribution in [0.3, 0.4) is 0 Å². The van der Waals surface area contributed by atoms with Gasteiger partial charge in [0.25, 0.3) is 0 Å². The maximum atomic E-state index is 11.9. The van der Waals surface area contributed by atoms with Crippen LogP contribution in [0.5, 0.6) is 5.75 Å². The van der Waals surface area contributed by atoms with Crippen molar-refractivity contribution in [3.8, 4) is 5.75 Å². The molecule has 0 bridgehead atoms. The Balaban J connectivity index is 2.61. The average Bonchev–Trinajstić information content (AvgIpc) is 2.36. The summed E-state index contributed by atoms with van der Waals surface area (Å²) in [5, 5.41) is 2.72. The maximum absolute atomic E-state index is 11.9. The minimum Gasteiger partial charge on any atom is -0.496 e. The van der Waals surface area contributed by atoms with Crippen molar-refractivity contribution in [3.05, 3.63) is 28.2 Å². The van der Waals surface area contributed by atoms with Crippen LogP contribution in [0.2, 0.25) is 0 Å². The summed E-state index contributed by atoms with van der Waals surface area (Å²) in [6.45, 7) is 2.60. The van der Waals surface area contributed by atoms with Crippen LogP contribution in [0, 0.1) is 0 Å². The van der Waals surface area contributed by atoms with Crippen LogP contribution in [-0.2, 0) is 21.3 Å². The van der Waals surface area contributed by atoms with Crippen LogP contribution in [0.4, 0.5) is 0 Å². The van der Waals surface area contributed by atoms with Crippen molar-refractivity contribution in [3.63, 3.8) is 0 Å². The number of nitrogens with one attached hydrogen (secondary N) is 1. The molecule has 0 saturated heterocycles. The highest BCUT2D eigenvalue weighted by Crippen LogP contribution is 2.24. The van der Waals surface area contributed by atoms with Crippen LogP contribution in [0.15, 0.2) is 22.7 Å². The summed E-state index contributed by atoms with van der Waals surface area (Å²) in [6.07, 6.45) is 0.873. The zero-order chi connectivity index (χ0) is 14.3. The van der Waals surface area contributed by atoms with Gasteiger partial charge in [0.2, 0.25) is 5.91 Å². The number of amides is 1. The molecule has 6 heteroatoms. The molecule has 1 rings (SSSR count). The van der Waals surface area contributed by atoms with E-state index in [0.29, 0.717) is 18.0 Å². The molecule has 0 heterocycles. The first kappa shape index (κ1) is 16.2. The molecule has 0 aliphatic carbocycles. The third kappa shape index (κ3) is 5.74. The molecule has 106 valence electrons. The highest BCUT2D eigenvalue weighted by Gasteiger charge is 2.11. The van der Waals surface area contributed by atoms with Crippen molar-refractivity contribution in [2.24, 2.45) is 0 Å². The number of carbonyl (C=O) groups excluding carboxylic acids is 1. The molecule has 1 aromatic carbocycles. The number of methoxy groups -OCH3 is 1. The van der Waals surface area contributed by atoms with E-state index in [1.807, 2.05) is 25.1 Å². The van der Waals surface area contributed by atoms with E-state index in [1.54, 1.807) is 7.11 Å². The maximum Gasteiger partial charge on any atom is 0.232 e. The van der Waals surface area contributed by atoms with Crippen LogP contribution in [0.25, 0.3) is 0 Å². The van der Waals surface area contributed by atoms with Gasteiger partial charge in [-0.1, -0.05) is 22.9 Å². The first-order valence-electron chi connectivity index (χ1n) is 6.01. The predicted molar refractivity (Wildman–Crippen MR) is 80.7 cm³/mol. The quantitative estimate of drug-likeness (QED) is 0.822. The lowest BCUT2D eigenvalue weighted by Crippen LogP contribution is -2.29. The lowest BCUT2D eigenvalue weighted by atomic mass is 10.2. The van der Waals surface area contributed by atoms with Gasteiger partial charge in [0, 0.05) is 27.4 Å². The van der Waals surface area contributed by atoms with Gasteiger partial charge < -0.3 is 10.1 Å². The van der Waals surface area contributed by atoms with E-state index in [9.17, 15) is 9.00 Å². The minimum atomic E-state index is -1.24. The zero-order valence-corrected chi connectivity index (χ0v) is 13.5. The van der Waals surface area contributed by atoms with E-state index in [2.05, 4.69) is 21.2 Å². The van der Waals surface area contributed by atoms with Gasteiger partial charge in [-0.05, 0) is 24.6 Å². The van der Waals surface area contributed by atoms with Crippen molar-refractivity contribution in [2.75, 3.05) is 19.4 Å². The van der Waals surface area contributed by atoms with Crippen LogP contribution < -0.4 is 10.1 Å². The standard InChI is InChI=1S/C13H18BrNO3S/c1-3-6-15-13(16)9-19(17)8-10-7-11(14)4-5-12(10)18-2/h4-5,7H,3,6,8-9H2,1-2H3,(H,15,16)/t19-/m1/s1. The molecule has 1 N–H and O–H groups in total. The minimum absolute atomic E-state index is 0.0235. The fourth-order valence-corrected chi connectivity index (χ4v) is 3.02. The number of hydrogen-bond donors (Lipinski definition) is 1. The van der Waals surface area contributed by atoms with Gasteiger partial charge in [-0.2, -0.15) is 0 Å². The Bertz CT molecular complexity index is 465. The van der Waals surface area contributed by atoms with E-state index in [1.165, 1.54) is 0 Å². The Morgan fingerprint density at radius 2 is 2.21 bits per heavy atom. The zero-order valence-electron chi connectivity index (χ0n) is 11.1. The second-order valence-electron chi connectivity index (χ2n) is 4.03. The lowest BCUT2D eigenvalue weighted by Gasteiger charge is -2.09. The molecule has 1 atom stereocenters. The topological polar surface area (TPSA) is 55.4 Å². The first-order chi connectivity index (χ1) is 9.06. The molecule has 0 spiro atoms. The SMILES string of the molecule is CCCNC(=O)C[S@](=O)Cc1cc(Br)ccc1OC. The summed E-state index contributed by atoms with van der Waals surface area (Å²) in [7, 11) is 0.335. The first-order valence-corrected chi connectivity index (χ1v) is 8.29. The van der Waals surface area contributed by atoms with Gasteiger partial charge >= 0.3 is 0 Å². The summed E-state index contributed by atoms with van der Waals surface area (Å²) >= 11 is 3.37. The molecule has 0 aromatic heterocycles. The monoisotopic (exact) mass is 347 g/mol. The Morgan fingerprint density at radius 1 is 1.47 bits per heavy atom. The number of ether oxygens (including phenoxy) is 1. The number of halogens is 1. The molecule has 4 nitrogen and oxygen atoms in total. The Hall–Kier alpha value is -0.880. The largest absolute Gasteiger partial charge is 0.496 e. The second-order valence-corrected chi connectivity index (χ2v) is 6.41. The van der Waals surface area contributed by atoms with Crippen LogP contribution in [-0.4, -0.2) is 29.5 Å². The molecule has 1 aromatic rings. The highest BCUT2D eigenvalue weighted by molar-refractivity contribution is 9.10. The molecule has 19 heavy (non-hydrogen) atoms. The average molecular weight is 348 g/mol.